The third-order valence-electron chi connectivity index (χ3n) is 2.00. The molecule has 1 rings (SSSR count). The van der Waals surface area contributed by atoms with Crippen LogP contribution in [0.5, 0.6) is 0 Å². The van der Waals surface area contributed by atoms with Gasteiger partial charge in [-0.1, -0.05) is 6.07 Å². The van der Waals surface area contributed by atoms with Gasteiger partial charge in [-0.15, -0.1) is 0 Å². The molecule has 0 spiro atoms. The van der Waals surface area contributed by atoms with Crippen molar-refractivity contribution in [1.29, 1.82) is 0 Å². The molecule has 82 valence electrons. The monoisotopic (exact) mass is 274 g/mol. The van der Waals surface area contributed by atoms with E-state index in [1.54, 1.807) is 26.0 Å². The van der Waals surface area contributed by atoms with Crippen molar-refractivity contribution in [2.45, 2.75) is 20.0 Å². The van der Waals surface area contributed by atoms with Crippen molar-refractivity contribution in [2.24, 2.45) is 0 Å². The Kier molecular flexibility index (Phi) is 4.42. The van der Waals surface area contributed by atoms with E-state index in [4.69, 9.17) is 4.74 Å². The summed E-state index contributed by atoms with van der Waals surface area (Å²) < 4.78 is 18.9. The molecule has 0 heterocycles. The smallest absolute Gasteiger partial charge is 0.194 e. The lowest BCUT2D eigenvalue weighted by molar-refractivity contribution is 0.0516. The highest BCUT2D eigenvalue weighted by Gasteiger charge is 2.19. The molecule has 0 amide bonds. The summed E-state index contributed by atoms with van der Waals surface area (Å²) in [5.41, 5.74) is 0.0605. The molecule has 0 saturated carbocycles. The molecule has 0 aliphatic carbocycles. The van der Waals surface area contributed by atoms with Crippen molar-refractivity contribution in [3.8, 4) is 0 Å². The van der Waals surface area contributed by atoms with E-state index in [0.717, 1.165) is 0 Å². The molecule has 1 unspecified atom stereocenters. The second-order valence-corrected chi connectivity index (χ2v) is 3.92. The molecular formula is C11H12BrFO2. The van der Waals surface area contributed by atoms with Gasteiger partial charge in [0.15, 0.2) is 5.78 Å². The Morgan fingerprint density at radius 1 is 1.60 bits per heavy atom. The van der Waals surface area contributed by atoms with E-state index in [0.29, 0.717) is 6.61 Å². The minimum atomic E-state index is -0.612. The van der Waals surface area contributed by atoms with E-state index in [2.05, 4.69) is 15.9 Å². The highest BCUT2D eigenvalue weighted by Crippen LogP contribution is 2.20. The molecule has 0 aliphatic heterocycles. The third kappa shape index (κ3) is 2.86. The number of rotatable bonds is 4. The zero-order valence-corrected chi connectivity index (χ0v) is 10.2. The van der Waals surface area contributed by atoms with Crippen LogP contribution < -0.4 is 0 Å². The quantitative estimate of drug-likeness (QED) is 0.789. The van der Waals surface area contributed by atoms with Gasteiger partial charge in [-0.05, 0) is 41.9 Å². The number of carbonyl (C=O) groups excluding carboxylic acids is 1. The normalized spacial score (nSPS) is 12.5. The summed E-state index contributed by atoms with van der Waals surface area (Å²) in [4.78, 5) is 11.7. The van der Waals surface area contributed by atoms with Gasteiger partial charge >= 0.3 is 0 Å². The minimum absolute atomic E-state index is 0.0605. The van der Waals surface area contributed by atoms with Crippen LogP contribution in [-0.4, -0.2) is 18.5 Å². The first kappa shape index (κ1) is 12.3. The molecular weight excluding hydrogens is 263 g/mol. The molecule has 4 heteroatoms. The fourth-order valence-corrected chi connectivity index (χ4v) is 1.60. The lowest BCUT2D eigenvalue weighted by Crippen LogP contribution is -2.21. The van der Waals surface area contributed by atoms with E-state index < -0.39 is 11.9 Å². The average molecular weight is 275 g/mol. The van der Waals surface area contributed by atoms with E-state index in [1.807, 2.05) is 0 Å². The highest BCUT2D eigenvalue weighted by atomic mass is 79.9. The van der Waals surface area contributed by atoms with Crippen molar-refractivity contribution in [2.75, 3.05) is 6.61 Å². The van der Waals surface area contributed by atoms with E-state index >= 15 is 0 Å². The van der Waals surface area contributed by atoms with Gasteiger partial charge in [-0.25, -0.2) is 4.39 Å². The summed E-state index contributed by atoms with van der Waals surface area (Å²) >= 11 is 3.03. The molecule has 0 bridgehead atoms. The molecule has 0 N–H and O–H groups in total. The first-order valence-electron chi connectivity index (χ1n) is 4.67. The number of ketones is 1. The third-order valence-corrected chi connectivity index (χ3v) is 2.62. The van der Waals surface area contributed by atoms with Gasteiger partial charge in [0.25, 0.3) is 0 Å². The first-order valence-corrected chi connectivity index (χ1v) is 5.47. The molecule has 0 aromatic heterocycles. The van der Waals surface area contributed by atoms with E-state index in [-0.39, 0.29) is 15.8 Å². The molecule has 0 fully saturated rings. The van der Waals surface area contributed by atoms with E-state index in [9.17, 15) is 9.18 Å². The lowest BCUT2D eigenvalue weighted by Gasteiger charge is -2.11. The van der Waals surface area contributed by atoms with Crippen LogP contribution in [0, 0.1) is 5.82 Å². The fraction of sp³-hybridized carbons (Fsp3) is 0.364. The van der Waals surface area contributed by atoms with Crippen LogP contribution in [0.3, 0.4) is 0 Å². The summed E-state index contributed by atoms with van der Waals surface area (Å²) in [5.74, 6) is -0.871. The number of ether oxygens (including phenoxy) is 1. The SMILES string of the molecule is CCOC(C)C(=O)c1cccc(Br)c1F. The van der Waals surface area contributed by atoms with Gasteiger partial charge in [-0.2, -0.15) is 0 Å². The largest absolute Gasteiger partial charge is 0.371 e. The van der Waals surface area contributed by atoms with Gasteiger partial charge < -0.3 is 4.74 Å². The molecule has 1 aromatic carbocycles. The Bertz CT molecular complexity index is 366. The van der Waals surface area contributed by atoms with Crippen molar-refractivity contribution in [1.82, 2.24) is 0 Å². The molecule has 2 nitrogen and oxygen atoms in total. The van der Waals surface area contributed by atoms with Crippen molar-refractivity contribution < 1.29 is 13.9 Å². The minimum Gasteiger partial charge on any atom is -0.371 e. The van der Waals surface area contributed by atoms with Crippen molar-refractivity contribution in [3.05, 3.63) is 34.1 Å². The van der Waals surface area contributed by atoms with E-state index in [1.165, 1.54) is 6.07 Å². The van der Waals surface area contributed by atoms with Gasteiger partial charge in [0.05, 0.1) is 10.0 Å². The van der Waals surface area contributed by atoms with Crippen LogP contribution in [0.2, 0.25) is 0 Å². The number of carbonyl (C=O) groups is 1. The summed E-state index contributed by atoms with van der Waals surface area (Å²) in [6.07, 6.45) is -0.612. The molecule has 15 heavy (non-hydrogen) atoms. The topological polar surface area (TPSA) is 26.3 Å². The predicted molar refractivity (Wildman–Crippen MR) is 59.5 cm³/mol. The number of benzene rings is 1. The van der Waals surface area contributed by atoms with Crippen molar-refractivity contribution >= 4 is 21.7 Å². The molecule has 1 aromatic rings. The summed E-state index contributed by atoms with van der Waals surface area (Å²) in [6.45, 7) is 3.84. The van der Waals surface area contributed by atoms with Crippen LogP contribution in [0.4, 0.5) is 4.39 Å². The second-order valence-electron chi connectivity index (χ2n) is 3.06. The zero-order chi connectivity index (χ0) is 11.4. The standard InChI is InChI=1S/C11H12BrFO2/c1-3-15-7(2)11(14)8-5-4-6-9(12)10(8)13/h4-7H,3H2,1-2H3. The molecule has 0 radical (unpaired) electrons. The number of halogens is 2. The van der Waals surface area contributed by atoms with Gasteiger partial charge in [-0.3, -0.25) is 4.79 Å². The second kappa shape index (κ2) is 5.37. The Balaban J connectivity index is 2.96. The van der Waals surface area contributed by atoms with Crippen LogP contribution in [0.25, 0.3) is 0 Å². The number of hydrogen-bond donors (Lipinski definition) is 0. The zero-order valence-electron chi connectivity index (χ0n) is 8.59. The molecule has 0 saturated heterocycles. The fourth-order valence-electron chi connectivity index (χ4n) is 1.24. The van der Waals surface area contributed by atoms with Crippen LogP contribution in [0.1, 0.15) is 24.2 Å². The van der Waals surface area contributed by atoms with Crippen molar-refractivity contribution in [3.63, 3.8) is 0 Å². The van der Waals surface area contributed by atoms with Gasteiger partial charge in [0.1, 0.15) is 11.9 Å². The Hall–Kier alpha value is -0.740. The summed E-state index contributed by atoms with van der Waals surface area (Å²) in [7, 11) is 0. The maximum atomic E-state index is 13.5. The van der Waals surface area contributed by atoms with Crippen LogP contribution >= 0.6 is 15.9 Å². The van der Waals surface area contributed by atoms with Crippen LogP contribution in [-0.2, 0) is 4.74 Å². The highest BCUT2D eigenvalue weighted by molar-refractivity contribution is 9.10. The number of hydrogen-bond acceptors (Lipinski definition) is 2. The maximum absolute atomic E-state index is 13.5. The Labute approximate surface area is 96.6 Å². The first-order chi connectivity index (χ1) is 7.07. The number of Topliss-reactive ketones (excluding diaryl/α,β-unsaturated/α-hetero) is 1. The lowest BCUT2D eigenvalue weighted by atomic mass is 10.1. The molecule has 0 aliphatic rings. The maximum Gasteiger partial charge on any atom is 0.194 e. The summed E-state index contributed by atoms with van der Waals surface area (Å²) in [6, 6.07) is 4.63. The van der Waals surface area contributed by atoms with Gasteiger partial charge in [0.2, 0.25) is 0 Å². The predicted octanol–water partition coefficient (Wildman–Crippen LogP) is 3.20. The van der Waals surface area contributed by atoms with Crippen LogP contribution in [0.15, 0.2) is 22.7 Å². The Morgan fingerprint density at radius 2 is 2.27 bits per heavy atom. The van der Waals surface area contributed by atoms with Gasteiger partial charge in [0, 0.05) is 6.61 Å². The Morgan fingerprint density at radius 3 is 2.87 bits per heavy atom. The summed E-state index contributed by atoms with van der Waals surface area (Å²) in [5, 5.41) is 0. The molecule has 1 atom stereocenters. The average Bonchev–Trinajstić information content (AvgIpc) is 2.21.